The molecule has 1 amide bonds. The molecule has 1 aromatic heterocycles. The van der Waals surface area contributed by atoms with Crippen LogP contribution in [0.3, 0.4) is 0 Å². The first-order valence-corrected chi connectivity index (χ1v) is 10.3. The lowest BCUT2D eigenvalue weighted by atomic mass is 10.0. The Morgan fingerprint density at radius 3 is 2.82 bits per heavy atom. The molecule has 0 saturated heterocycles. The number of esters is 1. The lowest BCUT2D eigenvalue weighted by Crippen LogP contribution is -2.13. The number of amides is 1. The molecule has 0 saturated carbocycles. The molecular weight excluding hydrogens is 370 g/mol. The third-order valence-corrected chi connectivity index (χ3v) is 6.08. The van der Waals surface area contributed by atoms with Crippen LogP contribution in [0.1, 0.15) is 39.7 Å². The van der Waals surface area contributed by atoms with E-state index in [-0.39, 0.29) is 11.9 Å². The van der Waals surface area contributed by atoms with Crippen LogP contribution in [0.4, 0.5) is 5.00 Å². The van der Waals surface area contributed by atoms with Gasteiger partial charge in [0.25, 0.3) is 0 Å². The largest absolute Gasteiger partial charge is 0.462 e. The first-order chi connectivity index (χ1) is 13.7. The fourth-order valence-electron chi connectivity index (χ4n) is 3.63. The Bertz CT molecular complexity index is 1080. The first-order valence-electron chi connectivity index (χ1n) is 9.46. The van der Waals surface area contributed by atoms with Gasteiger partial charge in [0, 0.05) is 11.0 Å². The third-order valence-electron chi connectivity index (χ3n) is 4.88. The Labute approximate surface area is 167 Å². The van der Waals surface area contributed by atoms with E-state index in [9.17, 15) is 9.59 Å². The highest BCUT2D eigenvalue weighted by Crippen LogP contribution is 2.39. The van der Waals surface area contributed by atoms with Crippen LogP contribution in [0.25, 0.3) is 16.8 Å². The quantitative estimate of drug-likeness (QED) is 0.479. The zero-order valence-corrected chi connectivity index (χ0v) is 16.5. The molecule has 4 rings (SSSR count). The summed E-state index contributed by atoms with van der Waals surface area (Å²) in [6.07, 6.45) is 6.18. The number of nitrogens with one attached hydrogen (secondary N) is 1. The number of carbonyl (C=O) groups excluding carboxylic acids is 2. The van der Waals surface area contributed by atoms with Gasteiger partial charge in [0.15, 0.2) is 0 Å². The second-order valence-corrected chi connectivity index (χ2v) is 7.78. The van der Waals surface area contributed by atoms with Crippen molar-refractivity contribution < 1.29 is 14.3 Å². The van der Waals surface area contributed by atoms with E-state index < -0.39 is 0 Å². The first kappa shape index (κ1) is 18.4. The fourth-order valence-corrected chi connectivity index (χ4v) is 4.91. The van der Waals surface area contributed by atoms with E-state index in [0.29, 0.717) is 17.2 Å². The van der Waals surface area contributed by atoms with E-state index in [1.54, 1.807) is 6.92 Å². The molecule has 1 N–H and O–H groups in total. The van der Waals surface area contributed by atoms with Crippen LogP contribution in [-0.2, 0) is 22.4 Å². The highest BCUT2D eigenvalue weighted by molar-refractivity contribution is 7.17. The minimum atomic E-state index is -0.352. The van der Waals surface area contributed by atoms with Crippen molar-refractivity contribution in [3.8, 4) is 0 Å². The number of thiophene rings is 1. The maximum Gasteiger partial charge on any atom is 0.341 e. The summed E-state index contributed by atoms with van der Waals surface area (Å²) in [5.41, 5.74) is 2.55. The lowest BCUT2D eigenvalue weighted by Gasteiger charge is -2.06. The summed E-state index contributed by atoms with van der Waals surface area (Å²) in [6.45, 7) is 2.10. The SMILES string of the molecule is CCOC(=O)c1c(NC(=O)/C=C/c2cccc3ccccc23)sc2c1CCC2. The minimum Gasteiger partial charge on any atom is -0.462 e. The van der Waals surface area contributed by atoms with Crippen LogP contribution < -0.4 is 5.32 Å². The Balaban J connectivity index is 1.57. The Hall–Kier alpha value is -2.92. The second-order valence-electron chi connectivity index (χ2n) is 6.67. The van der Waals surface area contributed by atoms with Crippen LogP contribution in [0.2, 0.25) is 0 Å². The Morgan fingerprint density at radius 1 is 1.14 bits per heavy atom. The van der Waals surface area contributed by atoms with Crippen molar-refractivity contribution in [1.82, 2.24) is 0 Å². The standard InChI is InChI=1S/C23H21NO3S/c1-2-27-23(26)21-18-11-6-12-19(18)28-22(21)24-20(25)14-13-16-9-5-8-15-7-3-4-10-17(15)16/h3-5,7-10,13-14H,2,6,11-12H2,1H3,(H,24,25)/b14-13+. The van der Waals surface area contributed by atoms with E-state index in [4.69, 9.17) is 4.74 Å². The molecule has 0 fully saturated rings. The van der Waals surface area contributed by atoms with Gasteiger partial charge in [-0.25, -0.2) is 4.79 Å². The molecule has 3 aromatic rings. The molecule has 1 aliphatic rings. The minimum absolute atomic E-state index is 0.251. The molecule has 0 spiro atoms. The van der Waals surface area contributed by atoms with Gasteiger partial charge < -0.3 is 10.1 Å². The summed E-state index contributed by atoms with van der Waals surface area (Å²) in [5.74, 6) is -0.603. The zero-order valence-electron chi connectivity index (χ0n) is 15.7. The van der Waals surface area contributed by atoms with Crippen molar-refractivity contribution in [3.05, 3.63) is 70.1 Å². The van der Waals surface area contributed by atoms with Gasteiger partial charge in [0.1, 0.15) is 5.00 Å². The van der Waals surface area contributed by atoms with Gasteiger partial charge in [0.05, 0.1) is 12.2 Å². The number of ether oxygens (including phenoxy) is 1. The molecule has 28 heavy (non-hydrogen) atoms. The van der Waals surface area contributed by atoms with Gasteiger partial charge in [-0.1, -0.05) is 42.5 Å². The second kappa shape index (κ2) is 7.98. The number of aryl methyl sites for hydroxylation is 1. The zero-order chi connectivity index (χ0) is 19.5. The predicted octanol–water partition coefficient (Wildman–Crippen LogP) is 5.22. The van der Waals surface area contributed by atoms with Gasteiger partial charge >= 0.3 is 5.97 Å². The van der Waals surface area contributed by atoms with Gasteiger partial charge in [-0.15, -0.1) is 11.3 Å². The number of benzene rings is 2. The molecule has 2 aromatic carbocycles. The van der Waals surface area contributed by atoms with Crippen molar-refractivity contribution in [1.29, 1.82) is 0 Å². The summed E-state index contributed by atoms with van der Waals surface area (Å²) in [6, 6.07) is 14.1. The number of fused-ring (bicyclic) bond motifs is 2. The number of hydrogen-bond donors (Lipinski definition) is 1. The molecule has 0 radical (unpaired) electrons. The predicted molar refractivity (Wildman–Crippen MR) is 114 cm³/mol. The molecule has 1 heterocycles. The van der Waals surface area contributed by atoms with Crippen molar-refractivity contribution in [2.75, 3.05) is 11.9 Å². The van der Waals surface area contributed by atoms with Crippen molar-refractivity contribution in [2.45, 2.75) is 26.2 Å². The number of rotatable bonds is 5. The Morgan fingerprint density at radius 2 is 1.96 bits per heavy atom. The van der Waals surface area contributed by atoms with Gasteiger partial charge in [-0.05, 0) is 54.2 Å². The average molecular weight is 391 g/mol. The monoisotopic (exact) mass is 391 g/mol. The summed E-state index contributed by atoms with van der Waals surface area (Å²) in [7, 11) is 0. The van der Waals surface area contributed by atoms with Crippen LogP contribution in [-0.4, -0.2) is 18.5 Å². The molecule has 0 unspecified atom stereocenters. The molecule has 0 atom stereocenters. The number of carbonyl (C=O) groups is 2. The summed E-state index contributed by atoms with van der Waals surface area (Å²) in [4.78, 5) is 26.1. The van der Waals surface area contributed by atoms with E-state index in [0.717, 1.165) is 41.2 Å². The van der Waals surface area contributed by atoms with E-state index in [1.807, 2.05) is 48.5 Å². The van der Waals surface area contributed by atoms with Crippen molar-refractivity contribution in [2.24, 2.45) is 0 Å². The summed E-state index contributed by atoms with van der Waals surface area (Å²) >= 11 is 1.49. The van der Waals surface area contributed by atoms with E-state index >= 15 is 0 Å². The molecule has 0 aliphatic heterocycles. The van der Waals surface area contributed by atoms with E-state index in [2.05, 4.69) is 5.32 Å². The maximum absolute atomic E-state index is 12.5. The van der Waals surface area contributed by atoms with Gasteiger partial charge in [0.2, 0.25) is 5.91 Å². The Kier molecular flexibility index (Phi) is 5.26. The maximum atomic E-state index is 12.5. The molecule has 1 aliphatic carbocycles. The van der Waals surface area contributed by atoms with Crippen LogP contribution in [0.15, 0.2) is 48.5 Å². The topological polar surface area (TPSA) is 55.4 Å². The number of hydrogen-bond acceptors (Lipinski definition) is 4. The van der Waals surface area contributed by atoms with E-state index in [1.165, 1.54) is 22.3 Å². The fraction of sp³-hybridized carbons (Fsp3) is 0.217. The highest BCUT2D eigenvalue weighted by Gasteiger charge is 2.28. The summed E-state index contributed by atoms with van der Waals surface area (Å²) in [5, 5.41) is 5.71. The van der Waals surface area contributed by atoms with Gasteiger partial charge in [-0.3, -0.25) is 4.79 Å². The normalized spacial score (nSPS) is 13.0. The molecule has 0 bridgehead atoms. The molecule has 4 nitrogen and oxygen atoms in total. The van der Waals surface area contributed by atoms with Gasteiger partial charge in [-0.2, -0.15) is 0 Å². The lowest BCUT2D eigenvalue weighted by molar-refractivity contribution is -0.111. The van der Waals surface area contributed by atoms with Crippen LogP contribution in [0, 0.1) is 0 Å². The van der Waals surface area contributed by atoms with Crippen molar-refractivity contribution >= 4 is 45.1 Å². The molecule has 5 heteroatoms. The van der Waals surface area contributed by atoms with Crippen LogP contribution in [0.5, 0.6) is 0 Å². The average Bonchev–Trinajstić information content (AvgIpc) is 3.27. The molecule has 142 valence electrons. The summed E-state index contributed by atoms with van der Waals surface area (Å²) < 4.78 is 5.21. The van der Waals surface area contributed by atoms with Crippen LogP contribution >= 0.6 is 11.3 Å². The van der Waals surface area contributed by atoms with Crippen molar-refractivity contribution in [3.63, 3.8) is 0 Å². The molecular formula is C23H21NO3S. The third kappa shape index (κ3) is 3.58. The highest BCUT2D eigenvalue weighted by atomic mass is 32.1. The number of anilines is 1. The smallest absolute Gasteiger partial charge is 0.341 e.